The molecule has 0 bridgehead atoms. The van der Waals surface area contributed by atoms with Crippen LogP contribution in [0.15, 0.2) is 54.0 Å². The minimum atomic E-state index is -0.414. The van der Waals surface area contributed by atoms with Crippen LogP contribution >= 0.6 is 0 Å². The first kappa shape index (κ1) is 21.8. The number of rotatable bonds is 9. The van der Waals surface area contributed by atoms with Gasteiger partial charge in [0, 0.05) is 37.5 Å². The molecule has 1 aliphatic rings. The number of hydrogen-bond acceptors (Lipinski definition) is 5. The number of amides is 1. The van der Waals surface area contributed by atoms with Gasteiger partial charge in [-0.2, -0.15) is 0 Å². The Morgan fingerprint density at radius 3 is 2.67 bits per heavy atom. The van der Waals surface area contributed by atoms with Gasteiger partial charge >= 0.3 is 0 Å². The third-order valence-corrected chi connectivity index (χ3v) is 4.95. The highest BCUT2D eigenvalue weighted by Crippen LogP contribution is 2.13. The van der Waals surface area contributed by atoms with Crippen LogP contribution in [0.4, 0.5) is 0 Å². The van der Waals surface area contributed by atoms with E-state index in [-0.39, 0.29) is 17.4 Å². The Bertz CT molecular complexity index is 918. The van der Waals surface area contributed by atoms with Gasteiger partial charge in [-0.15, -0.1) is 0 Å². The van der Waals surface area contributed by atoms with Crippen LogP contribution in [-0.4, -0.2) is 43.6 Å². The largest absolute Gasteiger partial charge is 0.385 e. The van der Waals surface area contributed by atoms with Crippen molar-refractivity contribution in [2.24, 2.45) is 0 Å². The second kappa shape index (κ2) is 10.8. The highest BCUT2D eigenvalue weighted by Gasteiger charge is 2.16. The van der Waals surface area contributed by atoms with Crippen LogP contribution in [-0.2, 0) is 16.0 Å². The summed E-state index contributed by atoms with van der Waals surface area (Å²) in [5.41, 5.74) is 2.10. The Hall–Kier alpha value is -2.90. The molecule has 1 saturated heterocycles. The second-order valence-electron chi connectivity index (χ2n) is 7.21. The zero-order valence-corrected chi connectivity index (χ0v) is 17.4. The van der Waals surface area contributed by atoms with Gasteiger partial charge in [-0.05, 0) is 24.5 Å². The minimum absolute atomic E-state index is 0.0953. The van der Waals surface area contributed by atoms with Crippen LogP contribution in [0.3, 0.4) is 0 Å². The fraction of sp³-hybridized carbons (Fsp3) is 0.391. The lowest BCUT2D eigenvalue weighted by Gasteiger charge is -2.23. The summed E-state index contributed by atoms with van der Waals surface area (Å²) >= 11 is 0. The predicted molar refractivity (Wildman–Crippen MR) is 116 cm³/mol. The second-order valence-corrected chi connectivity index (χ2v) is 7.21. The van der Waals surface area contributed by atoms with Gasteiger partial charge in [-0.1, -0.05) is 36.9 Å². The molecule has 0 aliphatic carbocycles. The monoisotopic (exact) mass is 411 g/mol. The van der Waals surface area contributed by atoms with Gasteiger partial charge in [0.05, 0.1) is 19.8 Å². The predicted octanol–water partition coefficient (Wildman–Crippen LogP) is 2.36. The number of hydrogen-bond donors (Lipinski definition) is 2. The molecular weight excluding hydrogens is 382 g/mol. The lowest BCUT2D eigenvalue weighted by molar-refractivity contribution is -0.181. The molecule has 0 radical (unpaired) electrons. The standard InChI is InChI=1S/C23H29N3O4/c1-17(25-11-6-10-21-29-12-7-13-30-21)19-14-20(22(27)24-2)23(28)26(16-19)15-18-8-4-3-5-9-18/h3-5,8-9,14,16,21,25H,1,6-7,10-13,15H2,2H3,(H,24,27). The van der Waals surface area contributed by atoms with Gasteiger partial charge < -0.3 is 24.7 Å². The molecule has 0 saturated carbocycles. The molecule has 0 spiro atoms. The fourth-order valence-corrected chi connectivity index (χ4v) is 3.31. The molecule has 0 unspecified atom stereocenters. The Labute approximate surface area is 176 Å². The number of aromatic nitrogens is 1. The van der Waals surface area contributed by atoms with Crippen molar-refractivity contribution in [1.82, 2.24) is 15.2 Å². The van der Waals surface area contributed by atoms with E-state index >= 15 is 0 Å². The van der Waals surface area contributed by atoms with Crippen molar-refractivity contribution >= 4 is 11.6 Å². The molecule has 1 fully saturated rings. The first-order chi connectivity index (χ1) is 14.6. The molecule has 1 aliphatic heterocycles. The van der Waals surface area contributed by atoms with Crippen molar-refractivity contribution < 1.29 is 14.3 Å². The number of pyridine rings is 1. The molecule has 2 aromatic rings. The molecule has 0 atom stereocenters. The summed E-state index contributed by atoms with van der Waals surface area (Å²) < 4.78 is 12.7. The Balaban J connectivity index is 1.70. The van der Waals surface area contributed by atoms with Crippen molar-refractivity contribution in [3.8, 4) is 0 Å². The molecule has 1 aromatic carbocycles. The van der Waals surface area contributed by atoms with Crippen LogP contribution in [0.5, 0.6) is 0 Å². The number of nitrogens with one attached hydrogen (secondary N) is 2. The summed E-state index contributed by atoms with van der Waals surface area (Å²) in [6.07, 6.45) is 4.21. The fourth-order valence-electron chi connectivity index (χ4n) is 3.31. The molecule has 1 aromatic heterocycles. The summed E-state index contributed by atoms with van der Waals surface area (Å²) in [5.74, 6) is -0.414. The smallest absolute Gasteiger partial charge is 0.263 e. The van der Waals surface area contributed by atoms with Crippen LogP contribution in [0.25, 0.3) is 5.70 Å². The highest BCUT2D eigenvalue weighted by atomic mass is 16.7. The van der Waals surface area contributed by atoms with E-state index in [0.717, 1.165) is 38.0 Å². The third-order valence-electron chi connectivity index (χ3n) is 4.95. The van der Waals surface area contributed by atoms with Crippen molar-refractivity contribution in [2.75, 3.05) is 26.8 Å². The molecule has 2 N–H and O–H groups in total. The summed E-state index contributed by atoms with van der Waals surface area (Å²) in [7, 11) is 1.51. The van der Waals surface area contributed by atoms with Gasteiger partial charge in [0.1, 0.15) is 5.56 Å². The molecule has 2 heterocycles. The van der Waals surface area contributed by atoms with E-state index in [1.54, 1.807) is 16.8 Å². The first-order valence-electron chi connectivity index (χ1n) is 10.3. The maximum atomic E-state index is 12.8. The van der Waals surface area contributed by atoms with Crippen LogP contribution in [0.1, 0.15) is 40.7 Å². The summed E-state index contributed by atoms with van der Waals surface area (Å²) in [6, 6.07) is 11.2. The average molecular weight is 412 g/mol. The molecule has 3 rings (SSSR count). The molecule has 160 valence electrons. The number of carbonyl (C=O) groups excluding carboxylic acids is 1. The highest BCUT2D eigenvalue weighted by molar-refractivity contribution is 5.94. The van der Waals surface area contributed by atoms with E-state index in [1.807, 2.05) is 30.3 Å². The topological polar surface area (TPSA) is 81.6 Å². The maximum absolute atomic E-state index is 12.8. The molecule has 1 amide bonds. The van der Waals surface area contributed by atoms with Crippen LogP contribution in [0.2, 0.25) is 0 Å². The molecule has 30 heavy (non-hydrogen) atoms. The van der Waals surface area contributed by atoms with Crippen molar-refractivity contribution in [1.29, 1.82) is 0 Å². The van der Waals surface area contributed by atoms with Gasteiger partial charge in [0.25, 0.3) is 11.5 Å². The zero-order chi connectivity index (χ0) is 21.3. The minimum Gasteiger partial charge on any atom is -0.385 e. The number of benzene rings is 1. The van der Waals surface area contributed by atoms with Gasteiger partial charge in [0.15, 0.2) is 6.29 Å². The molecule has 7 nitrogen and oxygen atoms in total. The number of carbonyl (C=O) groups is 1. The van der Waals surface area contributed by atoms with Gasteiger partial charge in [-0.3, -0.25) is 9.59 Å². The lowest BCUT2D eigenvalue weighted by atomic mass is 10.1. The molecular formula is C23H29N3O4. The van der Waals surface area contributed by atoms with E-state index < -0.39 is 5.91 Å². The first-order valence-corrected chi connectivity index (χ1v) is 10.3. The third kappa shape index (κ3) is 5.81. The van der Waals surface area contributed by atoms with Crippen molar-refractivity contribution in [3.05, 3.63) is 76.2 Å². The Kier molecular flexibility index (Phi) is 7.82. The quantitative estimate of drug-likeness (QED) is 0.619. The van der Waals surface area contributed by atoms with Crippen LogP contribution < -0.4 is 16.2 Å². The Morgan fingerprint density at radius 1 is 1.23 bits per heavy atom. The van der Waals surface area contributed by atoms with E-state index in [1.165, 1.54) is 7.05 Å². The van der Waals surface area contributed by atoms with E-state index in [0.29, 0.717) is 24.4 Å². The average Bonchev–Trinajstić information content (AvgIpc) is 2.78. The summed E-state index contributed by atoms with van der Waals surface area (Å²) in [6.45, 7) is 6.65. The van der Waals surface area contributed by atoms with Crippen molar-refractivity contribution in [2.45, 2.75) is 32.1 Å². The van der Waals surface area contributed by atoms with Crippen LogP contribution in [0, 0.1) is 0 Å². The van der Waals surface area contributed by atoms with Gasteiger partial charge in [-0.25, -0.2) is 0 Å². The lowest BCUT2D eigenvalue weighted by Crippen LogP contribution is -2.32. The Morgan fingerprint density at radius 2 is 1.97 bits per heavy atom. The summed E-state index contributed by atoms with van der Waals surface area (Å²) in [4.78, 5) is 25.1. The van der Waals surface area contributed by atoms with Crippen molar-refractivity contribution in [3.63, 3.8) is 0 Å². The number of nitrogens with zero attached hydrogens (tertiary/aromatic N) is 1. The molecule has 7 heteroatoms. The van der Waals surface area contributed by atoms with E-state index in [2.05, 4.69) is 17.2 Å². The van der Waals surface area contributed by atoms with E-state index in [9.17, 15) is 9.59 Å². The normalized spacial score (nSPS) is 14.3. The zero-order valence-electron chi connectivity index (χ0n) is 17.4. The van der Waals surface area contributed by atoms with Gasteiger partial charge in [0.2, 0.25) is 0 Å². The SMILES string of the molecule is C=C(NCCCC1OCCCO1)c1cc(C(=O)NC)c(=O)n(Cc2ccccc2)c1. The number of ether oxygens (including phenoxy) is 2. The van der Waals surface area contributed by atoms with E-state index in [4.69, 9.17) is 9.47 Å². The maximum Gasteiger partial charge on any atom is 0.263 e. The summed E-state index contributed by atoms with van der Waals surface area (Å²) in [5, 5.41) is 5.82.